The fourth-order valence-corrected chi connectivity index (χ4v) is 1.61. The Balaban J connectivity index is 2.12. The molecular formula is C8H6N4O. The Bertz CT molecular complexity index is 416. The highest BCUT2D eigenvalue weighted by Crippen LogP contribution is 2.18. The standard InChI is InChI=1S/C8H6N4O/c13-6-3-12-2-1-5-7(8(12)11-6)10-4-9-5/h1,4H,2-3H2. The Morgan fingerprint density at radius 3 is 3.31 bits per heavy atom. The lowest BCUT2D eigenvalue weighted by atomic mass is 10.1. The summed E-state index contributed by atoms with van der Waals surface area (Å²) in [5, 5.41) is 0. The molecule has 1 amide bonds. The van der Waals surface area contributed by atoms with E-state index in [4.69, 9.17) is 0 Å². The third-order valence-corrected chi connectivity index (χ3v) is 2.20. The van der Waals surface area contributed by atoms with E-state index in [0.717, 1.165) is 11.4 Å². The largest absolute Gasteiger partial charge is 0.341 e. The van der Waals surface area contributed by atoms with Crippen LogP contribution in [0.25, 0.3) is 0 Å². The van der Waals surface area contributed by atoms with Crippen LogP contribution in [0.5, 0.6) is 0 Å². The van der Waals surface area contributed by atoms with Crippen LogP contribution in [0.4, 0.5) is 0 Å². The van der Waals surface area contributed by atoms with E-state index in [9.17, 15) is 4.79 Å². The van der Waals surface area contributed by atoms with Gasteiger partial charge in [0.2, 0.25) is 0 Å². The van der Waals surface area contributed by atoms with Crippen LogP contribution in [0.3, 0.4) is 0 Å². The van der Waals surface area contributed by atoms with E-state index in [-0.39, 0.29) is 5.91 Å². The lowest BCUT2D eigenvalue weighted by Crippen LogP contribution is -2.37. The van der Waals surface area contributed by atoms with Crippen LogP contribution in [0.2, 0.25) is 0 Å². The quantitative estimate of drug-likeness (QED) is 0.502. The molecule has 0 aliphatic carbocycles. The van der Waals surface area contributed by atoms with Gasteiger partial charge in [0.15, 0.2) is 5.84 Å². The summed E-state index contributed by atoms with van der Waals surface area (Å²) in [4.78, 5) is 25.0. The lowest BCUT2D eigenvalue weighted by Gasteiger charge is -2.21. The number of hydrogen-bond acceptors (Lipinski definition) is 4. The number of carbonyl (C=O) groups excluding carboxylic acids is 1. The van der Waals surface area contributed by atoms with E-state index < -0.39 is 0 Å². The number of amides is 1. The second kappa shape index (κ2) is 2.12. The van der Waals surface area contributed by atoms with E-state index in [1.165, 1.54) is 6.34 Å². The molecule has 0 aromatic rings. The molecule has 0 N–H and O–H groups in total. The number of hydrogen-bond donors (Lipinski definition) is 0. The average molecular weight is 174 g/mol. The van der Waals surface area contributed by atoms with Crippen LogP contribution in [0.1, 0.15) is 0 Å². The second-order valence-corrected chi connectivity index (χ2v) is 3.02. The zero-order valence-electron chi connectivity index (χ0n) is 6.77. The molecule has 0 saturated heterocycles. The molecule has 13 heavy (non-hydrogen) atoms. The Morgan fingerprint density at radius 2 is 2.38 bits per heavy atom. The van der Waals surface area contributed by atoms with E-state index in [2.05, 4.69) is 15.0 Å². The topological polar surface area (TPSA) is 57.4 Å². The minimum absolute atomic E-state index is 0.0979. The summed E-state index contributed by atoms with van der Waals surface area (Å²) < 4.78 is 0. The van der Waals surface area contributed by atoms with Crippen LogP contribution in [0.15, 0.2) is 26.8 Å². The maximum absolute atomic E-state index is 11.0. The lowest BCUT2D eigenvalue weighted by molar-refractivity contribution is -0.117. The third kappa shape index (κ3) is 0.809. The van der Waals surface area contributed by atoms with E-state index >= 15 is 0 Å². The molecule has 0 fully saturated rings. The number of fused-ring (bicyclic) bond motifs is 3. The van der Waals surface area contributed by atoms with Gasteiger partial charge in [-0.2, -0.15) is 4.99 Å². The molecule has 3 rings (SSSR count). The van der Waals surface area contributed by atoms with Crippen molar-refractivity contribution < 1.29 is 4.79 Å². The van der Waals surface area contributed by atoms with Crippen molar-refractivity contribution in [1.29, 1.82) is 0 Å². The van der Waals surface area contributed by atoms with Gasteiger partial charge in [-0.05, 0) is 6.08 Å². The molecule has 0 atom stereocenters. The van der Waals surface area contributed by atoms with Crippen LogP contribution in [0, 0.1) is 0 Å². The van der Waals surface area contributed by atoms with Crippen molar-refractivity contribution in [3.8, 4) is 0 Å². The Labute approximate surface area is 74.2 Å². The highest BCUT2D eigenvalue weighted by Gasteiger charge is 2.32. The summed E-state index contributed by atoms with van der Waals surface area (Å²) in [5.74, 6) is 0.583. The van der Waals surface area contributed by atoms with Gasteiger partial charge in [-0.3, -0.25) is 4.79 Å². The predicted octanol–water partition coefficient (Wildman–Crippen LogP) is -0.392. The Hall–Kier alpha value is -1.78. The number of nitrogens with zero attached hydrogens (tertiary/aromatic N) is 4. The van der Waals surface area contributed by atoms with Crippen LogP contribution in [-0.2, 0) is 4.79 Å². The van der Waals surface area contributed by atoms with Gasteiger partial charge in [0.1, 0.15) is 18.6 Å². The molecule has 0 unspecified atom stereocenters. The summed E-state index contributed by atoms with van der Waals surface area (Å²) in [7, 11) is 0. The van der Waals surface area contributed by atoms with Crippen molar-refractivity contribution in [2.75, 3.05) is 13.1 Å². The minimum atomic E-state index is -0.0979. The van der Waals surface area contributed by atoms with Gasteiger partial charge in [0.05, 0.1) is 5.70 Å². The Kier molecular flexibility index (Phi) is 1.10. The maximum atomic E-state index is 11.0. The number of aliphatic imine (C=N–C) groups is 3. The fraction of sp³-hybridized carbons (Fsp3) is 0.250. The molecule has 3 aliphatic rings. The fourth-order valence-electron chi connectivity index (χ4n) is 1.61. The molecule has 0 aromatic heterocycles. The van der Waals surface area contributed by atoms with Crippen molar-refractivity contribution in [1.82, 2.24) is 4.90 Å². The molecule has 3 aliphatic heterocycles. The van der Waals surface area contributed by atoms with Crippen molar-refractivity contribution in [3.63, 3.8) is 0 Å². The summed E-state index contributed by atoms with van der Waals surface area (Å²) in [6.07, 6.45) is 3.45. The molecule has 0 radical (unpaired) electrons. The summed E-state index contributed by atoms with van der Waals surface area (Å²) in [5.41, 5.74) is 1.57. The van der Waals surface area contributed by atoms with E-state index in [0.29, 0.717) is 18.9 Å². The van der Waals surface area contributed by atoms with Gasteiger partial charge in [0, 0.05) is 6.54 Å². The second-order valence-electron chi connectivity index (χ2n) is 3.02. The molecule has 0 aromatic carbocycles. The van der Waals surface area contributed by atoms with Crippen molar-refractivity contribution in [3.05, 3.63) is 11.8 Å². The van der Waals surface area contributed by atoms with Crippen molar-refractivity contribution in [2.45, 2.75) is 0 Å². The molecular weight excluding hydrogens is 168 g/mol. The smallest absolute Gasteiger partial charge is 0.267 e. The summed E-state index contributed by atoms with van der Waals surface area (Å²) >= 11 is 0. The van der Waals surface area contributed by atoms with Gasteiger partial charge in [0.25, 0.3) is 5.91 Å². The molecule has 3 heterocycles. The van der Waals surface area contributed by atoms with E-state index in [1.54, 1.807) is 0 Å². The first kappa shape index (κ1) is 6.71. The summed E-state index contributed by atoms with van der Waals surface area (Å²) in [6, 6.07) is 0. The van der Waals surface area contributed by atoms with Gasteiger partial charge in [-0.15, -0.1) is 0 Å². The van der Waals surface area contributed by atoms with Gasteiger partial charge in [-0.1, -0.05) is 0 Å². The van der Waals surface area contributed by atoms with Crippen molar-refractivity contribution >= 4 is 23.8 Å². The molecule has 0 bridgehead atoms. The van der Waals surface area contributed by atoms with Gasteiger partial charge >= 0.3 is 0 Å². The third-order valence-electron chi connectivity index (χ3n) is 2.20. The maximum Gasteiger partial charge on any atom is 0.267 e. The monoisotopic (exact) mass is 174 g/mol. The van der Waals surface area contributed by atoms with Gasteiger partial charge in [-0.25, -0.2) is 9.98 Å². The molecule has 0 saturated carbocycles. The zero-order chi connectivity index (χ0) is 8.84. The predicted molar refractivity (Wildman–Crippen MR) is 48.0 cm³/mol. The van der Waals surface area contributed by atoms with E-state index in [1.807, 2.05) is 11.0 Å². The summed E-state index contributed by atoms with van der Waals surface area (Å²) in [6.45, 7) is 1.08. The molecule has 5 nitrogen and oxygen atoms in total. The average Bonchev–Trinajstić information content (AvgIpc) is 2.65. The zero-order valence-corrected chi connectivity index (χ0v) is 6.77. The number of amidine groups is 1. The normalized spacial score (nSPS) is 23.8. The van der Waals surface area contributed by atoms with Crippen LogP contribution >= 0.6 is 0 Å². The Morgan fingerprint density at radius 1 is 1.46 bits per heavy atom. The highest BCUT2D eigenvalue weighted by molar-refractivity contribution is 6.52. The number of carbonyl (C=O) groups is 1. The minimum Gasteiger partial charge on any atom is -0.341 e. The van der Waals surface area contributed by atoms with Gasteiger partial charge < -0.3 is 4.90 Å². The first-order chi connectivity index (χ1) is 6.34. The highest BCUT2D eigenvalue weighted by atomic mass is 16.2. The first-order valence-corrected chi connectivity index (χ1v) is 4.02. The molecule has 0 spiro atoms. The van der Waals surface area contributed by atoms with Crippen LogP contribution in [-0.4, -0.2) is 41.8 Å². The van der Waals surface area contributed by atoms with Crippen molar-refractivity contribution in [2.24, 2.45) is 15.0 Å². The van der Waals surface area contributed by atoms with Crippen LogP contribution < -0.4 is 0 Å². The number of rotatable bonds is 0. The molecule has 64 valence electrons. The first-order valence-electron chi connectivity index (χ1n) is 4.02. The molecule has 5 heteroatoms. The SMILES string of the molecule is O=C1CN2CC=C3N=CN=C3C2=N1.